The van der Waals surface area contributed by atoms with Crippen molar-refractivity contribution in [3.8, 4) is 0 Å². The van der Waals surface area contributed by atoms with Crippen LogP contribution in [-0.2, 0) is 11.3 Å². The maximum absolute atomic E-state index is 10.8. The molecule has 70 valence electrons. The molecule has 1 atom stereocenters. The van der Waals surface area contributed by atoms with Gasteiger partial charge in [0.05, 0.1) is 18.2 Å². The standard InChI is InChI=1S/C8H11N3O2/c1-2-11-5-9-3-7(11)6-4-13-8(12)10-6/h3,5-6H,2,4H2,1H3,(H,10,12). The highest BCUT2D eigenvalue weighted by Crippen LogP contribution is 2.17. The number of carbonyl (C=O) groups excluding carboxylic acids is 1. The van der Waals surface area contributed by atoms with Gasteiger partial charge in [-0.25, -0.2) is 9.78 Å². The summed E-state index contributed by atoms with van der Waals surface area (Å²) in [6, 6.07) is -0.0463. The molecule has 0 saturated carbocycles. The second-order valence-electron chi connectivity index (χ2n) is 2.90. The Morgan fingerprint density at radius 2 is 2.69 bits per heavy atom. The van der Waals surface area contributed by atoms with Crippen molar-refractivity contribution in [1.82, 2.24) is 14.9 Å². The fraction of sp³-hybridized carbons (Fsp3) is 0.500. The first-order valence-corrected chi connectivity index (χ1v) is 4.24. The van der Waals surface area contributed by atoms with Crippen molar-refractivity contribution < 1.29 is 9.53 Å². The van der Waals surface area contributed by atoms with Crippen molar-refractivity contribution in [2.24, 2.45) is 0 Å². The summed E-state index contributed by atoms with van der Waals surface area (Å²) >= 11 is 0. The average Bonchev–Trinajstić information content (AvgIpc) is 2.71. The molecule has 1 aliphatic rings. The molecule has 5 heteroatoms. The predicted molar refractivity (Wildman–Crippen MR) is 45.1 cm³/mol. The van der Waals surface area contributed by atoms with Gasteiger partial charge in [-0.1, -0.05) is 0 Å². The smallest absolute Gasteiger partial charge is 0.407 e. The van der Waals surface area contributed by atoms with Gasteiger partial charge in [-0.05, 0) is 6.92 Å². The van der Waals surface area contributed by atoms with Crippen LogP contribution >= 0.6 is 0 Å². The molecule has 1 aliphatic heterocycles. The minimum absolute atomic E-state index is 0.0463. The molecule has 1 unspecified atom stereocenters. The first-order chi connectivity index (χ1) is 6.31. The van der Waals surface area contributed by atoms with Crippen LogP contribution in [0.15, 0.2) is 12.5 Å². The van der Waals surface area contributed by atoms with Gasteiger partial charge in [0.15, 0.2) is 0 Å². The quantitative estimate of drug-likeness (QED) is 0.730. The molecule has 1 fully saturated rings. The number of hydrogen-bond acceptors (Lipinski definition) is 3. The second-order valence-corrected chi connectivity index (χ2v) is 2.90. The zero-order valence-electron chi connectivity index (χ0n) is 7.36. The normalized spacial score (nSPS) is 21.3. The number of amides is 1. The summed E-state index contributed by atoms with van der Waals surface area (Å²) in [5.74, 6) is 0. The largest absolute Gasteiger partial charge is 0.447 e. The lowest BCUT2D eigenvalue weighted by molar-refractivity contribution is 0.176. The Bertz CT molecular complexity index is 321. The summed E-state index contributed by atoms with van der Waals surface area (Å²) in [7, 11) is 0. The molecule has 13 heavy (non-hydrogen) atoms. The number of hydrogen-bond donors (Lipinski definition) is 1. The molecule has 2 rings (SSSR count). The van der Waals surface area contributed by atoms with E-state index in [1.54, 1.807) is 12.5 Å². The van der Waals surface area contributed by atoms with E-state index in [-0.39, 0.29) is 12.1 Å². The van der Waals surface area contributed by atoms with E-state index in [9.17, 15) is 4.79 Å². The lowest BCUT2D eigenvalue weighted by atomic mass is 10.2. The van der Waals surface area contributed by atoms with Crippen LogP contribution in [0.3, 0.4) is 0 Å². The molecule has 0 aromatic carbocycles. The minimum Gasteiger partial charge on any atom is -0.447 e. The monoisotopic (exact) mass is 181 g/mol. The molecule has 1 aromatic rings. The number of nitrogens with zero attached hydrogens (tertiary/aromatic N) is 2. The van der Waals surface area contributed by atoms with Crippen LogP contribution in [0.4, 0.5) is 4.79 Å². The molecule has 1 aromatic heterocycles. The summed E-state index contributed by atoms with van der Waals surface area (Å²) in [5, 5.41) is 2.71. The lowest BCUT2D eigenvalue weighted by Crippen LogP contribution is -2.20. The van der Waals surface area contributed by atoms with E-state index in [0.717, 1.165) is 12.2 Å². The molecule has 0 bridgehead atoms. The SMILES string of the molecule is CCn1cncc1C1COC(=O)N1. The number of nitrogens with one attached hydrogen (secondary N) is 1. The summed E-state index contributed by atoms with van der Waals surface area (Å²) in [6.45, 7) is 3.27. The van der Waals surface area contributed by atoms with Crippen LogP contribution in [0.25, 0.3) is 0 Å². The highest BCUT2D eigenvalue weighted by atomic mass is 16.6. The maximum atomic E-state index is 10.8. The molecule has 1 saturated heterocycles. The fourth-order valence-corrected chi connectivity index (χ4v) is 1.43. The van der Waals surface area contributed by atoms with Gasteiger partial charge < -0.3 is 14.6 Å². The van der Waals surface area contributed by atoms with E-state index in [1.165, 1.54) is 0 Å². The van der Waals surface area contributed by atoms with E-state index in [4.69, 9.17) is 4.74 Å². The van der Waals surface area contributed by atoms with Gasteiger partial charge in [-0.3, -0.25) is 0 Å². The molecule has 1 amide bonds. The second kappa shape index (κ2) is 3.08. The zero-order chi connectivity index (χ0) is 9.26. The Kier molecular flexibility index (Phi) is 1.92. The van der Waals surface area contributed by atoms with Crippen molar-refractivity contribution >= 4 is 6.09 Å². The fourth-order valence-electron chi connectivity index (χ4n) is 1.43. The number of rotatable bonds is 2. The summed E-state index contributed by atoms with van der Waals surface area (Å²) in [6.07, 6.45) is 3.15. The zero-order valence-corrected chi connectivity index (χ0v) is 7.36. The topological polar surface area (TPSA) is 56.2 Å². The number of imidazole rings is 1. The Balaban J connectivity index is 2.20. The number of aryl methyl sites for hydroxylation is 1. The third-order valence-electron chi connectivity index (χ3n) is 2.12. The van der Waals surface area contributed by atoms with Gasteiger partial charge in [0.1, 0.15) is 12.6 Å². The van der Waals surface area contributed by atoms with Crippen LogP contribution < -0.4 is 5.32 Å². The minimum atomic E-state index is -0.353. The molecular weight excluding hydrogens is 170 g/mol. The molecule has 0 radical (unpaired) electrons. The molecule has 0 spiro atoms. The first kappa shape index (κ1) is 8.10. The van der Waals surface area contributed by atoms with E-state index in [0.29, 0.717) is 6.61 Å². The van der Waals surface area contributed by atoms with Crippen molar-refractivity contribution in [3.63, 3.8) is 0 Å². The van der Waals surface area contributed by atoms with E-state index in [1.807, 2.05) is 11.5 Å². The molecular formula is C8H11N3O2. The highest BCUT2D eigenvalue weighted by molar-refractivity contribution is 5.69. The Hall–Kier alpha value is -1.52. The Morgan fingerprint density at radius 3 is 3.31 bits per heavy atom. The van der Waals surface area contributed by atoms with Gasteiger partial charge in [0.2, 0.25) is 0 Å². The average molecular weight is 181 g/mol. The number of aromatic nitrogens is 2. The van der Waals surface area contributed by atoms with Crippen LogP contribution in [0.5, 0.6) is 0 Å². The van der Waals surface area contributed by atoms with Crippen molar-refractivity contribution in [1.29, 1.82) is 0 Å². The maximum Gasteiger partial charge on any atom is 0.407 e. The Morgan fingerprint density at radius 1 is 1.85 bits per heavy atom. The number of alkyl carbamates (subject to hydrolysis) is 1. The van der Waals surface area contributed by atoms with Gasteiger partial charge in [-0.2, -0.15) is 0 Å². The number of ether oxygens (including phenoxy) is 1. The number of carbonyl (C=O) groups is 1. The number of cyclic esters (lactones) is 1. The van der Waals surface area contributed by atoms with Crippen LogP contribution in [0, 0.1) is 0 Å². The summed E-state index contributed by atoms with van der Waals surface area (Å²) in [4.78, 5) is 14.8. The van der Waals surface area contributed by atoms with Crippen molar-refractivity contribution in [2.75, 3.05) is 6.61 Å². The van der Waals surface area contributed by atoms with Crippen molar-refractivity contribution in [2.45, 2.75) is 19.5 Å². The van der Waals surface area contributed by atoms with E-state index >= 15 is 0 Å². The molecule has 5 nitrogen and oxygen atoms in total. The van der Waals surface area contributed by atoms with Crippen LogP contribution in [-0.4, -0.2) is 22.3 Å². The van der Waals surface area contributed by atoms with Gasteiger partial charge >= 0.3 is 6.09 Å². The summed E-state index contributed by atoms with van der Waals surface area (Å²) in [5.41, 5.74) is 0.994. The van der Waals surface area contributed by atoms with Crippen LogP contribution in [0.1, 0.15) is 18.7 Å². The Labute approximate surface area is 75.7 Å². The highest BCUT2D eigenvalue weighted by Gasteiger charge is 2.25. The van der Waals surface area contributed by atoms with E-state index in [2.05, 4.69) is 10.3 Å². The van der Waals surface area contributed by atoms with Crippen molar-refractivity contribution in [3.05, 3.63) is 18.2 Å². The summed E-state index contributed by atoms with van der Waals surface area (Å²) < 4.78 is 6.78. The van der Waals surface area contributed by atoms with Gasteiger partial charge in [0.25, 0.3) is 0 Å². The lowest BCUT2D eigenvalue weighted by Gasteiger charge is -2.09. The third-order valence-corrected chi connectivity index (χ3v) is 2.12. The molecule has 2 heterocycles. The third kappa shape index (κ3) is 1.37. The first-order valence-electron chi connectivity index (χ1n) is 4.24. The van der Waals surface area contributed by atoms with Crippen LogP contribution in [0.2, 0.25) is 0 Å². The molecule has 1 N–H and O–H groups in total. The van der Waals surface area contributed by atoms with Gasteiger partial charge in [-0.15, -0.1) is 0 Å². The van der Waals surface area contributed by atoms with Gasteiger partial charge in [0, 0.05) is 6.54 Å². The predicted octanol–water partition coefficient (Wildman–Crippen LogP) is 0.684. The van der Waals surface area contributed by atoms with E-state index < -0.39 is 0 Å². The molecule has 0 aliphatic carbocycles.